The molecule has 3 heteroatoms. The largest absolute Gasteiger partial charge is 0.350 e. The van der Waals surface area contributed by atoms with Gasteiger partial charge >= 0.3 is 6.43 Å². The maximum absolute atomic E-state index is 13.2. The minimum Gasteiger partial charge on any atom is -0.232 e. The zero-order valence-electron chi connectivity index (χ0n) is 6.52. The van der Waals surface area contributed by atoms with Crippen molar-refractivity contribution >= 4 is 0 Å². The molecule has 1 unspecified atom stereocenters. The van der Waals surface area contributed by atoms with Gasteiger partial charge in [-0.1, -0.05) is 30.3 Å². The minimum atomic E-state index is -2.62. The second-order valence-electron chi connectivity index (χ2n) is 2.63. The third-order valence-electron chi connectivity index (χ3n) is 1.67. The minimum absolute atomic E-state index is 0.0231. The van der Waals surface area contributed by atoms with Gasteiger partial charge in [-0.2, -0.15) is 8.78 Å². The van der Waals surface area contributed by atoms with Crippen LogP contribution >= 0.6 is 0 Å². The Morgan fingerprint density at radius 2 is 1.67 bits per heavy atom. The first kappa shape index (κ1) is 9.10. The standard InChI is InChI=1S/C9H8F3/c1-9(12,8(10)11)7-5-3-2-4-6-7/h2-6H,1H3. The quantitative estimate of drug-likeness (QED) is 0.643. The predicted octanol–water partition coefficient (Wildman–Crippen LogP) is 3.30. The van der Waals surface area contributed by atoms with Gasteiger partial charge in [0.1, 0.15) is 0 Å². The molecular formula is C9H8F3. The highest BCUT2D eigenvalue weighted by Gasteiger charge is 2.38. The lowest BCUT2D eigenvalue weighted by molar-refractivity contribution is 0.0699. The van der Waals surface area contributed by atoms with E-state index in [9.17, 15) is 13.2 Å². The second kappa shape index (κ2) is 3.17. The SMILES string of the molecule is CC(F)([C](F)F)c1ccccc1. The van der Waals surface area contributed by atoms with Crippen LogP contribution < -0.4 is 0 Å². The summed E-state index contributed by atoms with van der Waals surface area (Å²) in [5.41, 5.74) is -2.65. The summed E-state index contributed by atoms with van der Waals surface area (Å²) in [6.45, 7) is 0.845. The van der Waals surface area contributed by atoms with E-state index in [0.29, 0.717) is 0 Å². The highest BCUT2D eigenvalue weighted by Crippen LogP contribution is 2.36. The summed E-state index contributed by atoms with van der Waals surface area (Å²) in [6, 6.07) is 7.36. The van der Waals surface area contributed by atoms with Crippen molar-refractivity contribution in [2.75, 3.05) is 0 Å². The molecule has 65 valence electrons. The number of hydrogen-bond donors (Lipinski definition) is 0. The van der Waals surface area contributed by atoms with E-state index in [4.69, 9.17) is 0 Å². The molecule has 0 saturated heterocycles. The summed E-state index contributed by atoms with van der Waals surface area (Å²) in [4.78, 5) is 0. The fourth-order valence-corrected chi connectivity index (χ4v) is 0.860. The van der Waals surface area contributed by atoms with Gasteiger partial charge in [0.25, 0.3) is 0 Å². The topological polar surface area (TPSA) is 0 Å². The molecule has 1 aromatic carbocycles. The van der Waals surface area contributed by atoms with Gasteiger partial charge in [-0.3, -0.25) is 0 Å². The summed E-state index contributed by atoms with van der Waals surface area (Å²) in [5, 5.41) is 0. The molecule has 0 saturated carbocycles. The van der Waals surface area contributed by atoms with Crippen molar-refractivity contribution in [3.8, 4) is 0 Å². The van der Waals surface area contributed by atoms with E-state index in [0.717, 1.165) is 6.92 Å². The monoisotopic (exact) mass is 173 g/mol. The zero-order valence-corrected chi connectivity index (χ0v) is 6.52. The number of alkyl halides is 1. The molecular weight excluding hydrogens is 165 g/mol. The highest BCUT2D eigenvalue weighted by molar-refractivity contribution is 5.24. The lowest BCUT2D eigenvalue weighted by Crippen LogP contribution is -2.18. The maximum Gasteiger partial charge on any atom is 0.350 e. The van der Waals surface area contributed by atoms with E-state index >= 15 is 0 Å². The number of hydrogen-bond acceptors (Lipinski definition) is 0. The lowest BCUT2D eigenvalue weighted by Gasteiger charge is -2.17. The summed E-state index contributed by atoms with van der Waals surface area (Å²) >= 11 is 0. The molecule has 0 fully saturated rings. The summed E-state index contributed by atoms with van der Waals surface area (Å²) in [7, 11) is 0. The Balaban J connectivity index is 2.98. The van der Waals surface area contributed by atoms with E-state index in [1.54, 1.807) is 6.07 Å². The summed E-state index contributed by atoms with van der Waals surface area (Å²) < 4.78 is 37.2. The molecule has 0 aliphatic heterocycles. The Hall–Kier alpha value is -0.990. The van der Waals surface area contributed by atoms with Gasteiger partial charge in [-0.25, -0.2) is 4.39 Å². The third kappa shape index (κ3) is 1.60. The van der Waals surface area contributed by atoms with Crippen LogP contribution in [0.25, 0.3) is 0 Å². The fourth-order valence-electron chi connectivity index (χ4n) is 0.860. The lowest BCUT2D eigenvalue weighted by atomic mass is 9.99. The first-order valence-electron chi connectivity index (χ1n) is 3.48. The van der Waals surface area contributed by atoms with Crippen LogP contribution in [0.3, 0.4) is 0 Å². The van der Waals surface area contributed by atoms with Gasteiger partial charge in [0.15, 0.2) is 0 Å². The molecule has 0 N–H and O–H groups in total. The molecule has 1 atom stereocenters. The average Bonchev–Trinajstić information content (AvgIpc) is 2.06. The van der Waals surface area contributed by atoms with E-state index in [-0.39, 0.29) is 5.56 Å². The van der Waals surface area contributed by atoms with Crippen molar-refractivity contribution in [2.24, 2.45) is 0 Å². The average molecular weight is 173 g/mol. The Labute approximate surface area is 69.0 Å². The van der Waals surface area contributed by atoms with Crippen molar-refractivity contribution in [3.63, 3.8) is 0 Å². The van der Waals surface area contributed by atoms with Crippen molar-refractivity contribution in [3.05, 3.63) is 42.3 Å². The van der Waals surface area contributed by atoms with Crippen LogP contribution in [0.4, 0.5) is 13.2 Å². The van der Waals surface area contributed by atoms with Crippen LogP contribution in [0.15, 0.2) is 30.3 Å². The Bertz CT molecular complexity index is 241. The molecule has 12 heavy (non-hydrogen) atoms. The van der Waals surface area contributed by atoms with Crippen LogP contribution in [0.5, 0.6) is 0 Å². The molecule has 0 spiro atoms. The molecule has 0 bridgehead atoms. The molecule has 0 heterocycles. The molecule has 0 aliphatic rings. The molecule has 1 radical (unpaired) electrons. The normalized spacial score (nSPS) is 16.1. The first-order chi connectivity index (χ1) is 5.55. The first-order valence-corrected chi connectivity index (χ1v) is 3.48. The number of benzene rings is 1. The van der Waals surface area contributed by atoms with Gasteiger partial charge in [0, 0.05) is 0 Å². The van der Waals surface area contributed by atoms with E-state index < -0.39 is 12.1 Å². The van der Waals surface area contributed by atoms with Crippen molar-refractivity contribution in [1.82, 2.24) is 0 Å². The van der Waals surface area contributed by atoms with Crippen LogP contribution in [-0.2, 0) is 5.67 Å². The molecule has 0 aromatic heterocycles. The van der Waals surface area contributed by atoms with Crippen molar-refractivity contribution in [1.29, 1.82) is 0 Å². The zero-order chi connectivity index (χ0) is 9.19. The van der Waals surface area contributed by atoms with E-state index in [1.807, 2.05) is 0 Å². The summed E-state index contributed by atoms with van der Waals surface area (Å²) in [5.74, 6) is 0. The van der Waals surface area contributed by atoms with Crippen LogP contribution in [-0.4, -0.2) is 0 Å². The van der Waals surface area contributed by atoms with Gasteiger partial charge in [-0.05, 0) is 12.5 Å². The molecule has 0 aliphatic carbocycles. The molecule has 0 nitrogen and oxygen atoms in total. The van der Waals surface area contributed by atoms with E-state index in [2.05, 4.69) is 0 Å². The van der Waals surface area contributed by atoms with Gasteiger partial charge in [-0.15, -0.1) is 0 Å². The van der Waals surface area contributed by atoms with Gasteiger partial charge in [0.05, 0.1) is 0 Å². The highest BCUT2D eigenvalue weighted by atomic mass is 19.3. The van der Waals surface area contributed by atoms with Crippen molar-refractivity contribution in [2.45, 2.75) is 12.6 Å². The second-order valence-corrected chi connectivity index (χ2v) is 2.63. The Morgan fingerprint density at radius 1 is 1.17 bits per heavy atom. The Morgan fingerprint density at radius 3 is 2.08 bits per heavy atom. The summed E-state index contributed by atoms with van der Waals surface area (Å²) in [6.07, 6.45) is -2.21. The Kier molecular flexibility index (Phi) is 2.40. The van der Waals surface area contributed by atoms with E-state index in [1.165, 1.54) is 24.3 Å². The molecule has 1 rings (SSSR count). The molecule has 0 amide bonds. The van der Waals surface area contributed by atoms with Crippen LogP contribution in [0.2, 0.25) is 0 Å². The third-order valence-corrected chi connectivity index (χ3v) is 1.67. The fraction of sp³-hybridized carbons (Fsp3) is 0.222. The van der Waals surface area contributed by atoms with Crippen LogP contribution in [0, 0.1) is 6.43 Å². The molecule has 1 aromatic rings. The van der Waals surface area contributed by atoms with Crippen LogP contribution in [0.1, 0.15) is 12.5 Å². The maximum atomic E-state index is 13.2. The predicted molar refractivity (Wildman–Crippen MR) is 40.4 cm³/mol. The van der Waals surface area contributed by atoms with Gasteiger partial charge in [0.2, 0.25) is 5.67 Å². The smallest absolute Gasteiger partial charge is 0.232 e. The number of rotatable bonds is 2. The van der Waals surface area contributed by atoms with Gasteiger partial charge < -0.3 is 0 Å². The van der Waals surface area contributed by atoms with Crippen molar-refractivity contribution < 1.29 is 13.2 Å². The number of halogens is 3.